The number of hydrogen-bond donors (Lipinski definition) is 1. The first-order valence-electron chi connectivity index (χ1n) is 6.84. The van der Waals surface area contributed by atoms with Gasteiger partial charge in [-0.2, -0.15) is 18.4 Å². The van der Waals surface area contributed by atoms with Crippen LogP contribution in [0.5, 0.6) is 0 Å². The molecular weight excluding hydrogens is 281 g/mol. The maximum Gasteiger partial charge on any atom is 0.417 e. The summed E-state index contributed by atoms with van der Waals surface area (Å²) in [6, 6.07) is 4.77. The van der Waals surface area contributed by atoms with Crippen LogP contribution in [0.2, 0.25) is 0 Å². The number of carbonyl (C=O) groups excluding carboxylic acids is 1. The molecule has 0 radical (unpaired) electrons. The lowest BCUT2D eigenvalue weighted by atomic mass is 10.1. The van der Waals surface area contributed by atoms with E-state index in [0.29, 0.717) is 11.8 Å². The van der Waals surface area contributed by atoms with Crippen molar-refractivity contribution in [1.29, 1.82) is 5.26 Å². The summed E-state index contributed by atoms with van der Waals surface area (Å²) in [4.78, 5) is 12.0. The second-order valence-corrected chi connectivity index (χ2v) is 5.64. The fraction of sp³-hybridized carbons (Fsp3) is 0.467. The Labute approximate surface area is 119 Å². The zero-order valence-corrected chi connectivity index (χ0v) is 11.1. The third kappa shape index (κ3) is 2.48. The Balaban J connectivity index is 1.77. The lowest BCUT2D eigenvalue weighted by Crippen LogP contribution is -2.17. The van der Waals surface area contributed by atoms with Gasteiger partial charge in [0, 0.05) is 11.6 Å². The van der Waals surface area contributed by atoms with Crippen LogP contribution >= 0.6 is 0 Å². The lowest BCUT2D eigenvalue weighted by Gasteiger charge is -2.12. The van der Waals surface area contributed by atoms with Crippen molar-refractivity contribution < 1.29 is 18.0 Å². The maximum atomic E-state index is 12.8. The Morgan fingerprint density at radius 2 is 1.95 bits per heavy atom. The van der Waals surface area contributed by atoms with Crippen LogP contribution < -0.4 is 5.32 Å². The molecule has 0 saturated heterocycles. The van der Waals surface area contributed by atoms with E-state index in [4.69, 9.17) is 5.26 Å². The Bertz CT molecular complexity index is 623. The monoisotopic (exact) mass is 294 g/mol. The number of nitrogens with one attached hydrogen (secondary N) is 1. The van der Waals surface area contributed by atoms with E-state index in [1.807, 2.05) is 0 Å². The first-order chi connectivity index (χ1) is 9.91. The molecule has 2 saturated carbocycles. The molecule has 2 aliphatic carbocycles. The Hall–Kier alpha value is -2.03. The molecule has 0 heterocycles. The van der Waals surface area contributed by atoms with E-state index in [2.05, 4.69) is 5.32 Å². The lowest BCUT2D eigenvalue weighted by molar-refractivity contribution is -0.137. The van der Waals surface area contributed by atoms with Gasteiger partial charge >= 0.3 is 6.18 Å². The molecule has 2 atom stereocenters. The van der Waals surface area contributed by atoms with Gasteiger partial charge in [0.15, 0.2) is 0 Å². The fourth-order valence-electron chi connectivity index (χ4n) is 3.39. The highest BCUT2D eigenvalue weighted by Gasteiger charge is 2.56. The number of nitrogens with zero attached hydrogens (tertiary/aromatic N) is 1. The predicted molar refractivity (Wildman–Crippen MR) is 69.1 cm³/mol. The summed E-state index contributed by atoms with van der Waals surface area (Å²) in [5.41, 5.74) is -1.36. The van der Waals surface area contributed by atoms with E-state index >= 15 is 0 Å². The predicted octanol–water partition coefficient (Wildman–Crippen LogP) is 3.56. The van der Waals surface area contributed by atoms with Gasteiger partial charge in [-0.25, -0.2) is 0 Å². The molecule has 2 fully saturated rings. The number of carbonyl (C=O) groups is 1. The smallest absolute Gasteiger partial charge is 0.326 e. The number of anilines is 1. The molecule has 0 bridgehead atoms. The number of nitriles is 1. The number of rotatable bonds is 2. The highest BCUT2D eigenvalue weighted by molar-refractivity contribution is 5.95. The van der Waals surface area contributed by atoms with Crippen LogP contribution in [-0.4, -0.2) is 5.91 Å². The van der Waals surface area contributed by atoms with Crippen molar-refractivity contribution in [2.45, 2.75) is 25.4 Å². The van der Waals surface area contributed by atoms with Crippen molar-refractivity contribution in [1.82, 2.24) is 0 Å². The van der Waals surface area contributed by atoms with Crippen molar-refractivity contribution in [3.63, 3.8) is 0 Å². The van der Waals surface area contributed by atoms with Crippen LogP contribution in [0.25, 0.3) is 0 Å². The molecule has 0 aliphatic heterocycles. The third-order valence-corrected chi connectivity index (χ3v) is 4.42. The Kier molecular flexibility index (Phi) is 3.16. The van der Waals surface area contributed by atoms with Gasteiger partial charge in [0.2, 0.25) is 5.91 Å². The highest BCUT2D eigenvalue weighted by atomic mass is 19.4. The Morgan fingerprint density at radius 3 is 2.52 bits per heavy atom. The SMILES string of the molecule is N#Cc1ccc(NC(=O)C2C3CCCC32)cc1C(F)(F)F. The summed E-state index contributed by atoms with van der Waals surface area (Å²) in [6.45, 7) is 0. The van der Waals surface area contributed by atoms with Crippen molar-refractivity contribution >= 4 is 11.6 Å². The largest absolute Gasteiger partial charge is 0.417 e. The molecule has 1 N–H and O–H groups in total. The molecule has 1 aromatic carbocycles. The standard InChI is InChI=1S/C15H13F3N2O/c16-15(17,18)12-6-9(5-4-8(12)7-19)20-14(21)13-10-2-1-3-11(10)13/h4-6,10-11,13H,1-3H2,(H,20,21). The minimum atomic E-state index is -4.61. The second-order valence-electron chi connectivity index (χ2n) is 5.64. The quantitative estimate of drug-likeness (QED) is 0.906. The van der Waals surface area contributed by atoms with E-state index in [1.54, 1.807) is 0 Å². The first kappa shape index (κ1) is 13.9. The van der Waals surface area contributed by atoms with Crippen LogP contribution in [0.1, 0.15) is 30.4 Å². The van der Waals surface area contributed by atoms with E-state index < -0.39 is 17.3 Å². The molecule has 110 valence electrons. The number of fused-ring (bicyclic) bond motifs is 1. The van der Waals surface area contributed by atoms with Gasteiger partial charge in [-0.15, -0.1) is 0 Å². The number of amides is 1. The van der Waals surface area contributed by atoms with E-state index in [0.717, 1.165) is 31.4 Å². The number of benzene rings is 1. The number of halogens is 3. The van der Waals surface area contributed by atoms with E-state index in [9.17, 15) is 18.0 Å². The van der Waals surface area contributed by atoms with Crippen molar-refractivity contribution in [3.8, 4) is 6.07 Å². The van der Waals surface area contributed by atoms with Crippen LogP contribution in [0.3, 0.4) is 0 Å². The molecule has 6 heteroatoms. The molecule has 3 rings (SSSR count). The summed E-state index contributed by atoms with van der Waals surface area (Å²) in [5.74, 6) is 0.558. The number of alkyl halides is 3. The highest BCUT2D eigenvalue weighted by Crippen LogP contribution is 2.57. The summed E-state index contributed by atoms with van der Waals surface area (Å²) >= 11 is 0. The van der Waals surface area contributed by atoms with Crippen LogP contribution in [0, 0.1) is 29.1 Å². The van der Waals surface area contributed by atoms with Crippen molar-refractivity contribution in [3.05, 3.63) is 29.3 Å². The normalized spacial score (nSPS) is 26.9. The van der Waals surface area contributed by atoms with Crippen LogP contribution in [0.4, 0.5) is 18.9 Å². The molecule has 3 nitrogen and oxygen atoms in total. The minimum absolute atomic E-state index is 0.0521. The van der Waals surface area contributed by atoms with Gasteiger partial charge in [-0.3, -0.25) is 4.79 Å². The summed E-state index contributed by atoms with van der Waals surface area (Å²) in [7, 11) is 0. The Morgan fingerprint density at radius 1 is 1.29 bits per heavy atom. The summed E-state index contributed by atoms with van der Waals surface area (Å²) in [6.07, 6.45) is -1.41. The molecule has 21 heavy (non-hydrogen) atoms. The van der Waals surface area contributed by atoms with Crippen LogP contribution in [0.15, 0.2) is 18.2 Å². The molecule has 0 spiro atoms. The van der Waals surface area contributed by atoms with Gasteiger partial charge in [-0.1, -0.05) is 6.42 Å². The third-order valence-electron chi connectivity index (χ3n) is 4.42. The fourth-order valence-corrected chi connectivity index (χ4v) is 3.39. The molecule has 2 aliphatic rings. The van der Waals surface area contributed by atoms with E-state index in [1.165, 1.54) is 12.1 Å². The first-order valence-corrected chi connectivity index (χ1v) is 6.84. The van der Waals surface area contributed by atoms with Crippen LogP contribution in [-0.2, 0) is 11.0 Å². The summed E-state index contributed by atoms with van der Waals surface area (Å²) < 4.78 is 38.5. The molecule has 0 aromatic heterocycles. The van der Waals surface area contributed by atoms with Gasteiger partial charge in [0.05, 0.1) is 17.2 Å². The van der Waals surface area contributed by atoms with E-state index in [-0.39, 0.29) is 17.5 Å². The van der Waals surface area contributed by atoms with Gasteiger partial charge in [0.1, 0.15) is 0 Å². The average Bonchev–Trinajstić information content (AvgIpc) is 2.91. The van der Waals surface area contributed by atoms with Gasteiger partial charge in [-0.05, 0) is 42.9 Å². The maximum absolute atomic E-state index is 12.8. The topological polar surface area (TPSA) is 52.9 Å². The second kappa shape index (κ2) is 4.76. The zero-order chi connectivity index (χ0) is 15.2. The molecular formula is C15H13F3N2O. The van der Waals surface area contributed by atoms with Gasteiger partial charge < -0.3 is 5.32 Å². The minimum Gasteiger partial charge on any atom is -0.326 e. The molecule has 1 aromatic rings. The number of hydrogen-bond acceptors (Lipinski definition) is 2. The average molecular weight is 294 g/mol. The zero-order valence-electron chi connectivity index (χ0n) is 11.1. The van der Waals surface area contributed by atoms with Gasteiger partial charge in [0.25, 0.3) is 0 Å². The summed E-state index contributed by atoms with van der Waals surface area (Å²) in [5, 5.41) is 11.3. The molecule has 2 unspecified atom stereocenters. The molecule has 1 amide bonds. The van der Waals surface area contributed by atoms with Crippen molar-refractivity contribution in [2.75, 3.05) is 5.32 Å². The van der Waals surface area contributed by atoms with Crippen molar-refractivity contribution in [2.24, 2.45) is 17.8 Å².